The van der Waals surface area contributed by atoms with E-state index in [4.69, 9.17) is 23.5 Å². The molecule has 0 radical (unpaired) electrons. The molecule has 1 aromatic carbocycles. The Balaban J connectivity index is 1.16. The van der Waals surface area contributed by atoms with Gasteiger partial charge in [-0.25, -0.2) is 14.0 Å². The van der Waals surface area contributed by atoms with Crippen LogP contribution in [0.4, 0.5) is 10.6 Å². The van der Waals surface area contributed by atoms with Gasteiger partial charge in [-0.2, -0.15) is 10.2 Å². The van der Waals surface area contributed by atoms with Crippen LogP contribution in [0.3, 0.4) is 0 Å². The summed E-state index contributed by atoms with van der Waals surface area (Å²) in [6.07, 6.45) is 1.58. The van der Waals surface area contributed by atoms with Crippen LogP contribution >= 0.6 is 7.82 Å². The molecule has 2 aromatic heterocycles. The molecule has 3 heterocycles. The van der Waals surface area contributed by atoms with Crippen LogP contribution in [-0.2, 0) is 54.1 Å². The first-order valence-electron chi connectivity index (χ1n) is 17.0. The summed E-state index contributed by atoms with van der Waals surface area (Å²) >= 11 is 0. The molecule has 4 fully saturated rings. The Hall–Kier alpha value is -4.28. The molecule has 282 valence electrons. The van der Waals surface area contributed by atoms with Crippen molar-refractivity contribution in [1.29, 1.82) is 0 Å². The fourth-order valence-electron chi connectivity index (χ4n) is 7.48. The summed E-state index contributed by atoms with van der Waals surface area (Å²) in [5.74, 6) is -0.241. The van der Waals surface area contributed by atoms with Crippen molar-refractivity contribution in [3.05, 3.63) is 58.0 Å². The minimum absolute atomic E-state index is 0.0232. The van der Waals surface area contributed by atoms with Gasteiger partial charge in [-0.05, 0) is 62.3 Å². The van der Waals surface area contributed by atoms with E-state index in [0.29, 0.717) is 34.9 Å². The van der Waals surface area contributed by atoms with Crippen molar-refractivity contribution in [3.63, 3.8) is 0 Å². The zero-order chi connectivity index (χ0) is 37.6. The van der Waals surface area contributed by atoms with Crippen LogP contribution in [-0.4, -0.2) is 72.7 Å². The fourth-order valence-corrected chi connectivity index (χ4v) is 7.88. The second-order valence-electron chi connectivity index (χ2n) is 14.7. The molecule has 3 aromatic rings. The van der Waals surface area contributed by atoms with Crippen LogP contribution in [0, 0.1) is 19.8 Å². The summed E-state index contributed by atoms with van der Waals surface area (Å²) in [4.78, 5) is 58.4. The van der Waals surface area contributed by atoms with Gasteiger partial charge in [0.2, 0.25) is 0 Å². The molecule has 1 aliphatic heterocycles. The highest BCUT2D eigenvalue weighted by atomic mass is 31.2. The zero-order valence-electron chi connectivity index (χ0n) is 30.0. The summed E-state index contributed by atoms with van der Waals surface area (Å²) in [5, 5.41) is 14.7. The SMILES string of the molecule is COCc1cc(C(=O)Nc2cc([C@H]3C[C@@H](OC(=O)NC45CC(C4)C5)CO3)nn2COC(=O)CC(C)(C)c2c(C)cc(C)cc2OP(=O)(O)O)n(C)n1. The van der Waals surface area contributed by atoms with Gasteiger partial charge in [0.05, 0.1) is 31.0 Å². The number of aryl methyl sites for hydroxylation is 3. The zero-order valence-corrected chi connectivity index (χ0v) is 30.9. The van der Waals surface area contributed by atoms with E-state index in [1.165, 1.54) is 22.5 Å². The Kier molecular flexibility index (Phi) is 10.3. The maximum Gasteiger partial charge on any atom is 0.524 e. The van der Waals surface area contributed by atoms with Gasteiger partial charge in [0, 0.05) is 43.2 Å². The molecule has 17 nitrogen and oxygen atoms in total. The number of carbonyl (C=O) groups excluding carboxylic acids is 3. The molecule has 0 unspecified atom stereocenters. The number of nitrogens with one attached hydrogen (secondary N) is 2. The first-order valence-corrected chi connectivity index (χ1v) is 18.5. The number of methoxy groups -OCH3 is 1. The Bertz CT molecular complexity index is 1900. The van der Waals surface area contributed by atoms with E-state index in [0.717, 1.165) is 24.8 Å². The van der Waals surface area contributed by atoms with E-state index in [9.17, 15) is 28.7 Å². The molecule has 1 saturated heterocycles. The number of phosphoric acid groups is 1. The normalized spacial score (nSPS) is 22.3. The molecule has 52 heavy (non-hydrogen) atoms. The van der Waals surface area contributed by atoms with Crippen molar-refractivity contribution in [2.75, 3.05) is 19.0 Å². The van der Waals surface area contributed by atoms with E-state index in [2.05, 4.69) is 20.8 Å². The molecule has 3 saturated carbocycles. The Morgan fingerprint density at radius 2 is 1.85 bits per heavy atom. The first kappa shape index (κ1) is 37.5. The van der Waals surface area contributed by atoms with Crippen LogP contribution in [0.15, 0.2) is 24.3 Å². The Labute approximate surface area is 300 Å². The number of ether oxygens (including phenoxy) is 4. The maximum atomic E-state index is 13.4. The number of carbonyl (C=O) groups is 3. The van der Waals surface area contributed by atoms with Gasteiger partial charge in [-0.1, -0.05) is 19.9 Å². The van der Waals surface area contributed by atoms with Gasteiger partial charge in [-0.3, -0.25) is 24.1 Å². The van der Waals surface area contributed by atoms with Crippen molar-refractivity contribution in [2.24, 2.45) is 13.0 Å². The van der Waals surface area contributed by atoms with E-state index in [1.807, 2.05) is 6.07 Å². The third-order valence-corrected chi connectivity index (χ3v) is 10.2. The first-order chi connectivity index (χ1) is 24.4. The second-order valence-corrected chi connectivity index (χ2v) is 15.9. The molecule has 18 heteroatoms. The third-order valence-electron chi connectivity index (χ3n) is 9.74. The van der Waals surface area contributed by atoms with Crippen LogP contribution < -0.4 is 15.2 Å². The summed E-state index contributed by atoms with van der Waals surface area (Å²) in [7, 11) is -1.74. The number of anilines is 1. The van der Waals surface area contributed by atoms with Gasteiger partial charge in [0.1, 0.15) is 29.5 Å². The van der Waals surface area contributed by atoms with Crippen LogP contribution in [0.5, 0.6) is 5.75 Å². The van der Waals surface area contributed by atoms with Gasteiger partial charge < -0.3 is 34.1 Å². The van der Waals surface area contributed by atoms with Gasteiger partial charge in [-0.15, -0.1) is 0 Å². The van der Waals surface area contributed by atoms with Crippen molar-refractivity contribution >= 4 is 31.6 Å². The number of rotatable bonds is 14. The number of nitrogens with zero attached hydrogens (tertiary/aromatic N) is 4. The number of amides is 2. The molecule has 7 rings (SSSR count). The van der Waals surface area contributed by atoms with Crippen molar-refractivity contribution in [2.45, 2.75) is 96.3 Å². The lowest BCUT2D eigenvalue weighted by Crippen LogP contribution is -2.68. The molecule has 0 spiro atoms. The minimum atomic E-state index is -4.89. The standard InChI is InChI=1S/C34H45N6O11P/c1-19-7-20(2)30(27(8-19)51-52(44,45)46)33(3,4)15-29(41)49-18-40-28(35-31(42)25-9-22(16-47-6)37-39(25)5)11-24(38-40)26-10-23(17-48-26)50-32(43)36-34-12-21(13-34)14-34/h7-9,11,21,23,26H,10,12-18H2,1-6H3,(H,35,42)(H,36,43)(H2,44,45,46)/t21?,23-,26-,34?/m1/s1. The highest BCUT2D eigenvalue weighted by molar-refractivity contribution is 7.46. The topological polar surface area (TPSA) is 215 Å². The number of benzene rings is 1. The lowest BCUT2D eigenvalue weighted by Gasteiger charge is -2.61. The smallest absolute Gasteiger partial charge is 0.444 e. The highest BCUT2D eigenvalue weighted by Crippen LogP contribution is 2.57. The Morgan fingerprint density at radius 3 is 2.50 bits per heavy atom. The third kappa shape index (κ3) is 8.34. The largest absolute Gasteiger partial charge is 0.524 e. The second kappa shape index (κ2) is 14.3. The van der Waals surface area contributed by atoms with Crippen molar-refractivity contribution in [3.8, 4) is 5.75 Å². The van der Waals surface area contributed by atoms with Gasteiger partial charge >= 0.3 is 19.9 Å². The summed E-state index contributed by atoms with van der Waals surface area (Å²) in [5.41, 5.74) is 2.01. The van der Waals surface area contributed by atoms with E-state index in [-0.39, 0.29) is 49.2 Å². The van der Waals surface area contributed by atoms with Crippen LogP contribution in [0.1, 0.15) is 90.6 Å². The summed E-state index contributed by atoms with van der Waals surface area (Å²) in [6, 6.07) is 6.55. The quantitative estimate of drug-likeness (QED) is 0.135. The molecule has 3 aliphatic carbocycles. The average Bonchev–Trinajstić information content (AvgIpc) is 3.70. The number of hydrogen-bond acceptors (Lipinski definition) is 11. The van der Waals surface area contributed by atoms with E-state index in [1.54, 1.807) is 46.9 Å². The predicted molar refractivity (Wildman–Crippen MR) is 183 cm³/mol. The van der Waals surface area contributed by atoms with Crippen LogP contribution in [0.2, 0.25) is 0 Å². The predicted octanol–water partition coefficient (Wildman–Crippen LogP) is 4.08. The van der Waals surface area contributed by atoms with Crippen molar-refractivity contribution in [1.82, 2.24) is 24.9 Å². The molecule has 2 atom stereocenters. The van der Waals surface area contributed by atoms with Gasteiger partial charge in [0.25, 0.3) is 5.91 Å². The lowest BCUT2D eigenvalue weighted by atomic mass is 9.50. The number of phosphoric ester groups is 1. The molecular weight excluding hydrogens is 699 g/mol. The fraction of sp³-hybridized carbons (Fsp3) is 0.559. The number of aromatic nitrogens is 4. The average molecular weight is 745 g/mol. The van der Waals surface area contributed by atoms with Gasteiger partial charge in [0.15, 0.2) is 6.73 Å². The van der Waals surface area contributed by atoms with Crippen LogP contribution in [0.25, 0.3) is 0 Å². The van der Waals surface area contributed by atoms with Crippen molar-refractivity contribution < 1.29 is 52.2 Å². The van der Waals surface area contributed by atoms with E-state index < -0.39 is 43.4 Å². The van der Waals surface area contributed by atoms with E-state index >= 15 is 0 Å². The number of esters is 1. The maximum absolute atomic E-state index is 13.4. The molecule has 4 N–H and O–H groups in total. The number of hydrogen-bond donors (Lipinski definition) is 4. The Morgan fingerprint density at radius 1 is 1.12 bits per heavy atom. The molecular formula is C34H45N6O11P. The monoisotopic (exact) mass is 744 g/mol. The lowest BCUT2D eigenvalue weighted by molar-refractivity contribution is -0.149. The highest BCUT2D eigenvalue weighted by Gasteiger charge is 2.57. The molecule has 2 amide bonds. The summed E-state index contributed by atoms with van der Waals surface area (Å²) in [6.45, 7) is 7.01. The molecule has 2 bridgehead atoms. The minimum Gasteiger partial charge on any atom is -0.444 e. The molecule has 4 aliphatic rings. The number of alkyl carbamates (subject to hydrolysis) is 1. The summed E-state index contributed by atoms with van der Waals surface area (Å²) < 4.78 is 41.9.